The van der Waals surface area contributed by atoms with Gasteiger partial charge in [0, 0.05) is 18.0 Å². The number of hydrogen-bond acceptors (Lipinski definition) is 3. The Kier molecular flexibility index (Phi) is 3.47. The lowest BCUT2D eigenvalue weighted by atomic mass is 10.1. The van der Waals surface area contributed by atoms with Gasteiger partial charge >= 0.3 is 0 Å². The van der Waals surface area contributed by atoms with Crippen molar-refractivity contribution in [2.45, 2.75) is 6.92 Å². The summed E-state index contributed by atoms with van der Waals surface area (Å²) in [6.07, 6.45) is 0. The Morgan fingerprint density at radius 2 is 1.86 bits per heavy atom. The van der Waals surface area contributed by atoms with E-state index in [4.69, 9.17) is 4.42 Å². The molecule has 0 bridgehead atoms. The Labute approximate surface area is 125 Å². The van der Waals surface area contributed by atoms with Gasteiger partial charge in [-0.05, 0) is 30.3 Å². The number of ketones is 1. The number of hydrogen-bond donors (Lipinski definition) is 1. The largest absolute Gasteiger partial charge is 0.453 e. The van der Waals surface area contributed by atoms with E-state index in [1.165, 1.54) is 19.1 Å². The molecule has 1 N–H and O–H groups in total. The second kappa shape index (κ2) is 5.44. The minimum absolute atomic E-state index is 0.0763. The van der Waals surface area contributed by atoms with Crippen molar-refractivity contribution in [3.8, 4) is 0 Å². The number of para-hydroxylation sites is 1. The van der Waals surface area contributed by atoms with Crippen LogP contribution in [0.3, 0.4) is 0 Å². The summed E-state index contributed by atoms with van der Waals surface area (Å²) in [5.74, 6) is -1.48. The number of fused-ring (bicyclic) bond motifs is 1. The first-order valence-corrected chi connectivity index (χ1v) is 6.65. The molecule has 0 unspecified atom stereocenters. The minimum Gasteiger partial charge on any atom is -0.453 e. The van der Waals surface area contributed by atoms with Crippen LogP contribution in [0.2, 0.25) is 0 Å². The molecule has 0 spiro atoms. The zero-order valence-electron chi connectivity index (χ0n) is 11.7. The normalized spacial score (nSPS) is 10.6. The lowest BCUT2D eigenvalue weighted by Crippen LogP contribution is -2.08. The maximum atomic E-state index is 14.1. The van der Waals surface area contributed by atoms with Crippen LogP contribution in [0.1, 0.15) is 23.0 Å². The van der Waals surface area contributed by atoms with Gasteiger partial charge in [0.05, 0.1) is 5.56 Å². The van der Waals surface area contributed by atoms with Crippen LogP contribution in [0.25, 0.3) is 11.0 Å². The van der Waals surface area contributed by atoms with Crippen LogP contribution < -0.4 is 5.32 Å². The topological polar surface area (TPSA) is 59.3 Å². The van der Waals surface area contributed by atoms with E-state index in [1.54, 1.807) is 18.2 Å². The lowest BCUT2D eigenvalue weighted by molar-refractivity contribution is -0.114. The summed E-state index contributed by atoms with van der Waals surface area (Å²) in [5, 5.41) is 3.24. The quantitative estimate of drug-likeness (QED) is 0.749. The van der Waals surface area contributed by atoms with Gasteiger partial charge in [0.1, 0.15) is 11.4 Å². The number of halogens is 1. The maximum Gasteiger partial charge on any atom is 0.231 e. The van der Waals surface area contributed by atoms with E-state index >= 15 is 0 Å². The van der Waals surface area contributed by atoms with Crippen molar-refractivity contribution in [1.82, 2.24) is 0 Å². The highest BCUT2D eigenvalue weighted by atomic mass is 19.1. The third kappa shape index (κ3) is 2.61. The predicted molar refractivity (Wildman–Crippen MR) is 80.4 cm³/mol. The monoisotopic (exact) mass is 297 g/mol. The highest BCUT2D eigenvalue weighted by molar-refractivity contribution is 6.09. The van der Waals surface area contributed by atoms with Crippen molar-refractivity contribution in [1.29, 1.82) is 0 Å². The summed E-state index contributed by atoms with van der Waals surface area (Å²) >= 11 is 0. The van der Waals surface area contributed by atoms with Crippen LogP contribution in [0.5, 0.6) is 0 Å². The molecule has 0 radical (unpaired) electrons. The van der Waals surface area contributed by atoms with E-state index in [1.807, 2.05) is 12.1 Å². The van der Waals surface area contributed by atoms with E-state index in [0.717, 1.165) is 11.5 Å². The molecule has 0 aliphatic carbocycles. The molecule has 3 aromatic rings. The van der Waals surface area contributed by atoms with Gasteiger partial charge in [-0.25, -0.2) is 4.39 Å². The van der Waals surface area contributed by atoms with Crippen molar-refractivity contribution >= 4 is 28.3 Å². The fraction of sp³-hybridized carbons (Fsp3) is 0.0588. The number of carbonyl (C=O) groups is 2. The number of carbonyl (C=O) groups excluding carboxylic acids is 2. The van der Waals surface area contributed by atoms with E-state index in [-0.39, 0.29) is 17.2 Å². The van der Waals surface area contributed by atoms with E-state index in [2.05, 4.69) is 5.32 Å². The van der Waals surface area contributed by atoms with Crippen LogP contribution in [0.4, 0.5) is 10.1 Å². The summed E-state index contributed by atoms with van der Waals surface area (Å²) in [5.41, 5.74) is 0.764. The Bertz CT molecular complexity index is 849. The van der Waals surface area contributed by atoms with Gasteiger partial charge in [-0.15, -0.1) is 0 Å². The molecule has 3 rings (SSSR count). The van der Waals surface area contributed by atoms with Crippen LogP contribution in [0.15, 0.2) is 52.9 Å². The van der Waals surface area contributed by atoms with Gasteiger partial charge in [0.2, 0.25) is 11.7 Å². The molecular weight excluding hydrogens is 285 g/mol. The summed E-state index contributed by atoms with van der Waals surface area (Å²) in [6.45, 7) is 1.32. The molecule has 22 heavy (non-hydrogen) atoms. The SMILES string of the molecule is CC(=O)Nc1ccc(C(=O)c2cc3ccccc3o2)c(F)c1. The molecule has 1 amide bonds. The van der Waals surface area contributed by atoms with Crippen molar-refractivity contribution < 1.29 is 18.4 Å². The number of amides is 1. The molecule has 0 saturated heterocycles. The lowest BCUT2D eigenvalue weighted by Gasteiger charge is -2.04. The third-order valence-corrected chi connectivity index (χ3v) is 3.18. The van der Waals surface area contributed by atoms with E-state index < -0.39 is 11.6 Å². The van der Waals surface area contributed by atoms with Crippen molar-refractivity contribution in [2.75, 3.05) is 5.32 Å². The van der Waals surface area contributed by atoms with Gasteiger partial charge in [0.15, 0.2) is 5.76 Å². The van der Waals surface area contributed by atoms with Crippen LogP contribution in [-0.4, -0.2) is 11.7 Å². The maximum absolute atomic E-state index is 14.1. The van der Waals surface area contributed by atoms with E-state index in [9.17, 15) is 14.0 Å². The molecule has 1 heterocycles. The molecule has 0 atom stereocenters. The number of furan rings is 1. The first-order valence-electron chi connectivity index (χ1n) is 6.65. The van der Waals surface area contributed by atoms with Gasteiger partial charge < -0.3 is 9.73 Å². The second-order valence-electron chi connectivity index (χ2n) is 4.85. The Morgan fingerprint density at radius 3 is 2.55 bits per heavy atom. The van der Waals surface area contributed by atoms with Gasteiger partial charge in [-0.2, -0.15) is 0 Å². The zero-order valence-corrected chi connectivity index (χ0v) is 11.7. The predicted octanol–water partition coefficient (Wildman–Crippen LogP) is 3.76. The Morgan fingerprint density at radius 1 is 1.09 bits per heavy atom. The number of rotatable bonds is 3. The van der Waals surface area contributed by atoms with Gasteiger partial charge in [-0.1, -0.05) is 18.2 Å². The smallest absolute Gasteiger partial charge is 0.231 e. The van der Waals surface area contributed by atoms with Crippen molar-refractivity contribution in [3.05, 3.63) is 65.7 Å². The van der Waals surface area contributed by atoms with Gasteiger partial charge in [-0.3, -0.25) is 9.59 Å². The summed E-state index contributed by atoms with van der Waals surface area (Å²) in [6, 6.07) is 12.7. The number of nitrogens with one attached hydrogen (secondary N) is 1. The molecule has 110 valence electrons. The van der Waals surface area contributed by atoms with Crippen LogP contribution >= 0.6 is 0 Å². The first kappa shape index (κ1) is 14.0. The van der Waals surface area contributed by atoms with Crippen LogP contribution in [-0.2, 0) is 4.79 Å². The second-order valence-corrected chi connectivity index (χ2v) is 4.85. The average molecular weight is 297 g/mol. The Balaban J connectivity index is 1.96. The molecule has 0 aliphatic rings. The summed E-state index contributed by atoms with van der Waals surface area (Å²) in [7, 11) is 0. The molecule has 4 nitrogen and oxygen atoms in total. The van der Waals surface area contributed by atoms with E-state index in [0.29, 0.717) is 11.3 Å². The molecule has 0 aliphatic heterocycles. The average Bonchev–Trinajstić information content (AvgIpc) is 2.90. The molecule has 0 saturated carbocycles. The summed E-state index contributed by atoms with van der Waals surface area (Å²) in [4.78, 5) is 23.3. The van der Waals surface area contributed by atoms with Gasteiger partial charge in [0.25, 0.3) is 0 Å². The number of anilines is 1. The molecule has 1 aromatic heterocycles. The fourth-order valence-corrected chi connectivity index (χ4v) is 2.21. The molecule has 0 fully saturated rings. The van der Waals surface area contributed by atoms with Crippen molar-refractivity contribution in [3.63, 3.8) is 0 Å². The highest BCUT2D eigenvalue weighted by Crippen LogP contribution is 2.23. The molecular formula is C17H12FNO3. The highest BCUT2D eigenvalue weighted by Gasteiger charge is 2.18. The zero-order chi connectivity index (χ0) is 15.7. The minimum atomic E-state index is -0.711. The molecule has 5 heteroatoms. The first-order chi connectivity index (χ1) is 10.5. The van der Waals surface area contributed by atoms with Crippen LogP contribution in [0, 0.1) is 5.82 Å². The Hall–Kier alpha value is -2.95. The third-order valence-electron chi connectivity index (χ3n) is 3.18. The number of benzene rings is 2. The fourth-order valence-electron chi connectivity index (χ4n) is 2.21. The summed E-state index contributed by atoms with van der Waals surface area (Å²) < 4.78 is 19.5. The standard InChI is InChI=1S/C17H12FNO3/c1-10(20)19-12-6-7-13(14(18)9-12)17(21)16-8-11-4-2-3-5-15(11)22-16/h2-9H,1H3,(H,19,20). The molecule has 2 aromatic carbocycles. The van der Waals surface area contributed by atoms with Crippen molar-refractivity contribution in [2.24, 2.45) is 0 Å².